The second-order valence-electron chi connectivity index (χ2n) is 7.29. The Bertz CT molecular complexity index is 868. The maximum atomic E-state index is 11.4. The third-order valence-corrected chi connectivity index (χ3v) is 6.65. The van der Waals surface area contributed by atoms with Crippen molar-refractivity contribution in [2.24, 2.45) is 0 Å². The zero-order chi connectivity index (χ0) is 21.8. The lowest BCUT2D eigenvalue weighted by Crippen LogP contribution is -2.55. The first kappa shape index (κ1) is 22.6. The molecule has 0 amide bonds. The fourth-order valence-corrected chi connectivity index (χ4v) is 4.60. The number of ether oxygens (including phenoxy) is 1. The number of benzene rings is 2. The van der Waals surface area contributed by atoms with Crippen molar-refractivity contribution in [3.05, 3.63) is 64.7 Å². The van der Waals surface area contributed by atoms with E-state index in [-0.39, 0.29) is 12.2 Å². The van der Waals surface area contributed by atoms with Crippen LogP contribution in [0, 0.1) is 0 Å². The van der Waals surface area contributed by atoms with Crippen LogP contribution in [0.3, 0.4) is 0 Å². The lowest BCUT2D eigenvalue weighted by atomic mass is 10.00. The SMILES string of the molecule is CCc1ccc(Cc2cc(C(=O)O)ccc2OC2SC(CO)C(O)C(O)C2O)cc1. The average Bonchev–Trinajstić information content (AvgIpc) is 2.75. The first-order valence-corrected chi connectivity index (χ1v) is 10.7. The van der Waals surface area contributed by atoms with E-state index in [1.807, 2.05) is 24.3 Å². The van der Waals surface area contributed by atoms with Crippen molar-refractivity contribution in [2.45, 2.75) is 48.8 Å². The molecule has 7 nitrogen and oxygen atoms in total. The minimum atomic E-state index is -1.46. The summed E-state index contributed by atoms with van der Waals surface area (Å²) in [5.74, 6) is -0.688. The highest BCUT2D eigenvalue weighted by Gasteiger charge is 2.44. The number of aliphatic hydroxyl groups excluding tert-OH is 4. The molecule has 1 saturated heterocycles. The summed E-state index contributed by atoms with van der Waals surface area (Å²) >= 11 is 1.03. The molecule has 0 bridgehead atoms. The summed E-state index contributed by atoms with van der Waals surface area (Å²) in [6.45, 7) is 1.68. The number of aryl methyl sites for hydroxylation is 1. The molecule has 0 radical (unpaired) electrons. The standard InChI is InChI=1S/C22H26O7S/c1-2-12-3-5-13(6-4-12)9-15-10-14(21(27)28)7-8-16(15)29-22-20(26)19(25)18(24)17(11-23)30-22/h3-8,10,17-20,22-26H,2,9,11H2,1H3,(H,27,28). The summed E-state index contributed by atoms with van der Waals surface area (Å²) < 4.78 is 5.94. The third-order valence-electron chi connectivity index (χ3n) is 5.22. The molecular formula is C22H26O7S. The number of aromatic carboxylic acids is 1. The summed E-state index contributed by atoms with van der Waals surface area (Å²) in [4.78, 5) is 11.4. The van der Waals surface area contributed by atoms with E-state index in [1.54, 1.807) is 0 Å². The summed E-state index contributed by atoms with van der Waals surface area (Å²) in [5.41, 5.74) is 1.97. The Kier molecular flexibility index (Phi) is 7.38. The van der Waals surface area contributed by atoms with E-state index in [9.17, 15) is 30.3 Å². The van der Waals surface area contributed by atoms with Crippen LogP contribution in [0.25, 0.3) is 0 Å². The zero-order valence-corrected chi connectivity index (χ0v) is 17.3. The van der Waals surface area contributed by atoms with Gasteiger partial charge >= 0.3 is 5.97 Å². The second kappa shape index (κ2) is 9.80. The van der Waals surface area contributed by atoms with Gasteiger partial charge in [-0.2, -0.15) is 0 Å². The first-order chi connectivity index (χ1) is 14.3. The van der Waals surface area contributed by atoms with E-state index in [4.69, 9.17) is 4.74 Å². The Labute approximate surface area is 179 Å². The molecule has 5 unspecified atom stereocenters. The zero-order valence-electron chi connectivity index (χ0n) is 16.5. The number of carbonyl (C=O) groups is 1. The van der Waals surface area contributed by atoms with Gasteiger partial charge in [-0.15, -0.1) is 11.8 Å². The van der Waals surface area contributed by atoms with Crippen LogP contribution in [0.15, 0.2) is 42.5 Å². The number of hydrogen-bond donors (Lipinski definition) is 5. The molecule has 1 aliphatic heterocycles. The van der Waals surface area contributed by atoms with Crippen LogP contribution in [-0.4, -0.2) is 67.1 Å². The molecule has 5 atom stereocenters. The van der Waals surface area contributed by atoms with Crippen LogP contribution in [0.1, 0.15) is 34.0 Å². The average molecular weight is 435 g/mol. The van der Waals surface area contributed by atoms with Crippen LogP contribution in [0.2, 0.25) is 0 Å². The van der Waals surface area contributed by atoms with Gasteiger partial charge in [0.2, 0.25) is 0 Å². The van der Waals surface area contributed by atoms with Gasteiger partial charge in [0.25, 0.3) is 0 Å². The van der Waals surface area contributed by atoms with Gasteiger partial charge < -0.3 is 30.3 Å². The Balaban J connectivity index is 1.88. The van der Waals surface area contributed by atoms with E-state index in [1.165, 1.54) is 23.8 Å². The lowest BCUT2D eigenvalue weighted by Gasteiger charge is -2.39. The second-order valence-corrected chi connectivity index (χ2v) is 8.63. The molecule has 1 fully saturated rings. The topological polar surface area (TPSA) is 127 Å². The number of carboxylic acids is 1. The number of hydrogen-bond acceptors (Lipinski definition) is 7. The third kappa shape index (κ3) is 4.96. The molecule has 5 N–H and O–H groups in total. The van der Waals surface area contributed by atoms with Gasteiger partial charge in [-0.05, 0) is 41.3 Å². The molecule has 162 valence electrons. The van der Waals surface area contributed by atoms with Crippen LogP contribution in [-0.2, 0) is 12.8 Å². The number of carboxylic acid groups (broad SMARTS) is 1. The highest BCUT2D eigenvalue weighted by molar-refractivity contribution is 8.00. The Morgan fingerprint density at radius 1 is 1.00 bits per heavy atom. The first-order valence-electron chi connectivity index (χ1n) is 9.75. The largest absolute Gasteiger partial charge is 0.478 e. The van der Waals surface area contributed by atoms with Crippen molar-refractivity contribution < 1.29 is 35.1 Å². The predicted molar refractivity (Wildman–Crippen MR) is 113 cm³/mol. The van der Waals surface area contributed by atoms with Crippen LogP contribution < -0.4 is 4.74 Å². The van der Waals surface area contributed by atoms with E-state index >= 15 is 0 Å². The lowest BCUT2D eigenvalue weighted by molar-refractivity contribution is -0.0910. The van der Waals surface area contributed by atoms with Crippen LogP contribution in [0.5, 0.6) is 5.75 Å². The predicted octanol–water partition coefficient (Wildman–Crippen LogP) is 1.43. The molecule has 0 aromatic heterocycles. The minimum absolute atomic E-state index is 0.114. The van der Waals surface area contributed by atoms with Gasteiger partial charge in [-0.3, -0.25) is 0 Å². The summed E-state index contributed by atoms with van der Waals surface area (Å²) in [6, 6.07) is 12.4. The van der Waals surface area contributed by atoms with Crippen LogP contribution >= 0.6 is 11.8 Å². The van der Waals surface area contributed by atoms with Crippen molar-refractivity contribution in [2.75, 3.05) is 6.61 Å². The van der Waals surface area contributed by atoms with Crippen molar-refractivity contribution in [3.8, 4) is 5.75 Å². The van der Waals surface area contributed by atoms with Gasteiger partial charge in [0.15, 0.2) is 5.44 Å². The maximum Gasteiger partial charge on any atom is 0.335 e. The fourth-order valence-electron chi connectivity index (χ4n) is 3.37. The fraction of sp³-hybridized carbons (Fsp3) is 0.409. The van der Waals surface area contributed by atoms with Gasteiger partial charge in [0.05, 0.1) is 23.5 Å². The molecule has 0 saturated carbocycles. The molecule has 1 heterocycles. The van der Waals surface area contributed by atoms with Crippen molar-refractivity contribution >= 4 is 17.7 Å². The Morgan fingerprint density at radius 3 is 2.27 bits per heavy atom. The highest BCUT2D eigenvalue weighted by atomic mass is 32.2. The molecule has 30 heavy (non-hydrogen) atoms. The number of rotatable bonds is 7. The van der Waals surface area contributed by atoms with Crippen molar-refractivity contribution in [1.29, 1.82) is 0 Å². The van der Waals surface area contributed by atoms with Gasteiger partial charge in [0, 0.05) is 6.42 Å². The summed E-state index contributed by atoms with van der Waals surface area (Å²) in [5, 5.41) is 48.5. The van der Waals surface area contributed by atoms with Gasteiger partial charge in [-0.25, -0.2) is 4.79 Å². The molecule has 0 spiro atoms. The molecular weight excluding hydrogens is 408 g/mol. The highest BCUT2D eigenvalue weighted by Crippen LogP contribution is 2.36. The summed E-state index contributed by atoms with van der Waals surface area (Å²) in [6.07, 6.45) is -2.77. The Hall–Kier alpha value is -2.10. The number of aliphatic hydroxyl groups is 4. The smallest absolute Gasteiger partial charge is 0.335 e. The van der Waals surface area contributed by atoms with E-state index in [2.05, 4.69) is 6.92 Å². The quantitative estimate of drug-likeness (QED) is 0.443. The van der Waals surface area contributed by atoms with Crippen LogP contribution in [0.4, 0.5) is 0 Å². The molecule has 2 aromatic rings. The van der Waals surface area contributed by atoms with E-state index < -0.39 is 35.0 Å². The van der Waals surface area contributed by atoms with E-state index in [0.717, 1.165) is 23.7 Å². The van der Waals surface area contributed by atoms with Crippen molar-refractivity contribution in [1.82, 2.24) is 0 Å². The summed E-state index contributed by atoms with van der Waals surface area (Å²) in [7, 11) is 0. The molecule has 8 heteroatoms. The van der Waals surface area contributed by atoms with Crippen molar-refractivity contribution in [3.63, 3.8) is 0 Å². The van der Waals surface area contributed by atoms with Gasteiger partial charge in [0.1, 0.15) is 18.0 Å². The maximum absolute atomic E-state index is 11.4. The number of thioether (sulfide) groups is 1. The molecule has 2 aromatic carbocycles. The minimum Gasteiger partial charge on any atom is -0.478 e. The monoisotopic (exact) mass is 434 g/mol. The molecule has 3 rings (SSSR count). The van der Waals surface area contributed by atoms with Gasteiger partial charge in [-0.1, -0.05) is 31.2 Å². The normalized spacial score (nSPS) is 26.4. The Morgan fingerprint density at radius 2 is 1.67 bits per heavy atom. The van der Waals surface area contributed by atoms with E-state index in [0.29, 0.717) is 17.7 Å². The molecule has 1 aliphatic rings. The molecule has 0 aliphatic carbocycles.